The number of ether oxygens (including phenoxy) is 2. The maximum atomic E-state index is 12.4. The number of amides is 1. The molecule has 146 valence electrons. The maximum Gasteiger partial charge on any atom is 0.422 e. The normalized spacial score (nSPS) is 15.3. The Morgan fingerprint density at radius 1 is 1.35 bits per heavy atom. The van der Waals surface area contributed by atoms with E-state index in [-0.39, 0.29) is 47.2 Å². The SMILES string of the molecule is COC(=O)c1ccc(NC(=O)C(C)C2CNC2)c(OCC(F)(F)F)c1.Cl. The Balaban J connectivity index is 0.00000338. The summed E-state index contributed by atoms with van der Waals surface area (Å²) in [6, 6.07) is 3.78. The van der Waals surface area contributed by atoms with Gasteiger partial charge in [-0.1, -0.05) is 6.92 Å². The van der Waals surface area contributed by atoms with Crippen LogP contribution >= 0.6 is 12.4 Å². The Bertz CT molecular complexity index is 651. The highest BCUT2D eigenvalue weighted by atomic mass is 35.5. The number of alkyl halides is 3. The van der Waals surface area contributed by atoms with Crippen molar-refractivity contribution in [1.82, 2.24) is 5.32 Å². The summed E-state index contributed by atoms with van der Waals surface area (Å²) in [5, 5.41) is 5.62. The lowest BCUT2D eigenvalue weighted by molar-refractivity contribution is -0.153. The van der Waals surface area contributed by atoms with E-state index in [1.807, 2.05) is 0 Å². The van der Waals surface area contributed by atoms with Crippen LogP contribution in [-0.4, -0.2) is 44.9 Å². The average Bonchev–Trinajstić information content (AvgIpc) is 2.50. The first-order chi connectivity index (χ1) is 11.7. The van der Waals surface area contributed by atoms with Crippen molar-refractivity contribution in [2.24, 2.45) is 11.8 Å². The zero-order valence-electron chi connectivity index (χ0n) is 14.2. The van der Waals surface area contributed by atoms with E-state index < -0.39 is 18.8 Å². The zero-order valence-corrected chi connectivity index (χ0v) is 15.0. The predicted octanol–water partition coefficient (Wildman–Crippen LogP) is 2.63. The van der Waals surface area contributed by atoms with Crippen molar-refractivity contribution in [1.29, 1.82) is 0 Å². The fraction of sp³-hybridized carbons (Fsp3) is 0.500. The van der Waals surface area contributed by atoms with Crippen LogP contribution in [0.15, 0.2) is 18.2 Å². The molecule has 26 heavy (non-hydrogen) atoms. The first kappa shape index (κ1) is 22.0. The first-order valence-electron chi connectivity index (χ1n) is 7.64. The number of carbonyl (C=O) groups excluding carboxylic acids is 2. The Hall–Kier alpha value is -2.00. The lowest BCUT2D eigenvalue weighted by Gasteiger charge is -2.31. The second-order valence-electron chi connectivity index (χ2n) is 5.80. The van der Waals surface area contributed by atoms with Crippen LogP contribution in [0.4, 0.5) is 18.9 Å². The highest BCUT2D eigenvalue weighted by Gasteiger charge is 2.31. The highest BCUT2D eigenvalue weighted by Crippen LogP contribution is 2.29. The molecule has 1 aliphatic rings. The molecule has 0 aliphatic carbocycles. The van der Waals surface area contributed by atoms with Crippen molar-refractivity contribution in [3.05, 3.63) is 23.8 Å². The quantitative estimate of drug-likeness (QED) is 0.723. The van der Waals surface area contributed by atoms with E-state index in [4.69, 9.17) is 4.74 Å². The summed E-state index contributed by atoms with van der Waals surface area (Å²) in [6.45, 7) is 1.64. The molecule has 0 spiro atoms. The molecule has 2 N–H and O–H groups in total. The van der Waals surface area contributed by atoms with Gasteiger partial charge in [0.1, 0.15) is 5.75 Å². The van der Waals surface area contributed by atoms with E-state index in [0.29, 0.717) is 13.1 Å². The van der Waals surface area contributed by atoms with Gasteiger partial charge >= 0.3 is 12.1 Å². The minimum absolute atomic E-state index is 0. The lowest BCUT2D eigenvalue weighted by Crippen LogP contribution is -2.48. The van der Waals surface area contributed by atoms with Crippen molar-refractivity contribution >= 4 is 30.0 Å². The van der Waals surface area contributed by atoms with Gasteiger partial charge in [0.2, 0.25) is 5.91 Å². The first-order valence-corrected chi connectivity index (χ1v) is 7.64. The van der Waals surface area contributed by atoms with E-state index in [0.717, 1.165) is 13.2 Å². The summed E-state index contributed by atoms with van der Waals surface area (Å²) in [6.07, 6.45) is -4.55. The fourth-order valence-electron chi connectivity index (χ4n) is 2.27. The molecule has 2 rings (SSSR count). The number of anilines is 1. The highest BCUT2D eigenvalue weighted by molar-refractivity contribution is 5.96. The number of methoxy groups -OCH3 is 1. The predicted molar refractivity (Wildman–Crippen MR) is 90.7 cm³/mol. The second-order valence-corrected chi connectivity index (χ2v) is 5.80. The van der Waals surface area contributed by atoms with Gasteiger partial charge < -0.3 is 20.1 Å². The smallest absolute Gasteiger partial charge is 0.422 e. The van der Waals surface area contributed by atoms with Gasteiger partial charge in [-0.15, -0.1) is 12.4 Å². The average molecular weight is 397 g/mol. The zero-order chi connectivity index (χ0) is 18.6. The fourth-order valence-corrected chi connectivity index (χ4v) is 2.27. The van der Waals surface area contributed by atoms with Crippen molar-refractivity contribution in [3.63, 3.8) is 0 Å². The molecule has 10 heteroatoms. The Morgan fingerprint density at radius 3 is 2.50 bits per heavy atom. The second kappa shape index (κ2) is 9.09. The number of hydrogen-bond donors (Lipinski definition) is 2. The van der Waals surface area contributed by atoms with Gasteiger partial charge in [-0.25, -0.2) is 4.79 Å². The molecule has 0 saturated carbocycles. The van der Waals surface area contributed by atoms with Crippen molar-refractivity contribution in [2.45, 2.75) is 13.1 Å². The van der Waals surface area contributed by atoms with Crippen LogP contribution in [0.3, 0.4) is 0 Å². The molecule has 1 heterocycles. The van der Waals surface area contributed by atoms with Gasteiger partial charge in [0, 0.05) is 5.92 Å². The third-order valence-corrected chi connectivity index (χ3v) is 3.99. The van der Waals surface area contributed by atoms with E-state index in [2.05, 4.69) is 15.4 Å². The Kier molecular flexibility index (Phi) is 7.70. The summed E-state index contributed by atoms with van der Waals surface area (Å²) in [5.74, 6) is -1.42. The summed E-state index contributed by atoms with van der Waals surface area (Å²) in [7, 11) is 1.16. The van der Waals surface area contributed by atoms with Gasteiger partial charge in [-0.05, 0) is 37.2 Å². The van der Waals surface area contributed by atoms with E-state index in [1.54, 1.807) is 6.92 Å². The summed E-state index contributed by atoms with van der Waals surface area (Å²) in [5.41, 5.74) is 0.0925. The molecule has 0 bridgehead atoms. The molecule has 1 saturated heterocycles. The van der Waals surface area contributed by atoms with Crippen LogP contribution in [0.5, 0.6) is 5.75 Å². The Labute approximate surface area is 154 Å². The topological polar surface area (TPSA) is 76.7 Å². The van der Waals surface area contributed by atoms with E-state index in [9.17, 15) is 22.8 Å². The van der Waals surface area contributed by atoms with Gasteiger partial charge in [0.15, 0.2) is 6.61 Å². The molecule has 6 nitrogen and oxygen atoms in total. The largest absolute Gasteiger partial charge is 0.482 e. The summed E-state index contributed by atoms with van der Waals surface area (Å²) >= 11 is 0. The molecule has 1 fully saturated rings. The molecule has 1 amide bonds. The van der Waals surface area contributed by atoms with Crippen LogP contribution in [0, 0.1) is 11.8 Å². The summed E-state index contributed by atoms with van der Waals surface area (Å²) in [4.78, 5) is 23.8. The molecule has 1 aromatic rings. The molecule has 1 aliphatic heterocycles. The number of esters is 1. The number of carbonyl (C=O) groups is 2. The van der Waals surface area contributed by atoms with Crippen molar-refractivity contribution in [3.8, 4) is 5.75 Å². The van der Waals surface area contributed by atoms with Crippen molar-refractivity contribution < 1.29 is 32.2 Å². The minimum atomic E-state index is -4.55. The molecule has 0 radical (unpaired) electrons. The molecular formula is C16H20ClF3N2O4. The molecule has 1 atom stereocenters. The monoisotopic (exact) mass is 396 g/mol. The Morgan fingerprint density at radius 2 is 2.00 bits per heavy atom. The standard InChI is InChI=1S/C16H19F3N2O4.ClH/c1-9(11-6-20-7-11)14(22)21-12-4-3-10(15(23)24-2)5-13(12)25-8-16(17,18)19;/h3-5,9,11,20H,6-8H2,1-2H3,(H,21,22);1H. The van der Waals surface area contributed by atoms with Crippen LogP contribution in [0.1, 0.15) is 17.3 Å². The number of benzene rings is 1. The van der Waals surface area contributed by atoms with Gasteiger partial charge in [0.25, 0.3) is 0 Å². The number of nitrogens with one attached hydrogen (secondary N) is 2. The third-order valence-electron chi connectivity index (χ3n) is 3.99. The van der Waals surface area contributed by atoms with Crippen LogP contribution in [0.25, 0.3) is 0 Å². The number of hydrogen-bond acceptors (Lipinski definition) is 5. The molecule has 0 aromatic heterocycles. The van der Waals surface area contributed by atoms with Crippen molar-refractivity contribution in [2.75, 3.05) is 32.1 Å². The molecule has 1 aromatic carbocycles. The number of rotatable bonds is 6. The van der Waals surface area contributed by atoms with Crippen LogP contribution in [-0.2, 0) is 9.53 Å². The molecular weight excluding hydrogens is 377 g/mol. The van der Waals surface area contributed by atoms with E-state index >= 15 is 0 Å². The van der Waals surface area contributed by atoms with Crippen LogP contribution in [0.2, 0.25) is 0 Å². The summed E-state index contributed by atoms with van der Waals surface area (Å²) < 4.78 is 46.6. The van der Waals surface area contributed by atoms with E-state index in [1.165, 1.54) is 12.1 Å². The maximum absolute atomic E-state index is 12.4. The minimum Gasteiger partial charge on any atom is -0.482 e. The number of halogens is 4. The van der Waals surface area contributed by atoms with Gasteiger partial charge in [0.05, 0.1) is 18.4 Å². The molecule has 1 unspecified atom stereocenters. The van der Waals surface area contributed by atoms with Crippen LogP contribution < -0.4 is 15.4 Å². The van der Waals surface area contributed by atoms with Gasteiger partial charge in [-0.3, -0.25) is 4.79 Å². The van der Waals surface area contributed by atoms with Gasteiger partial charge in [-0.2, -0.15) is 13.2 Å². The lowest BCUT2D eigenvalue weighted by atomic mass is 9.88. The third kappa shape index (κ3) is 5.77.